The van der Waals surface area contributed by atoms with Crippen molar-refractivity contribution in [2.24, 2.45) is 5.92 Å². The van der Waals surface area contributed by atoms with Gasteiger partial charge in [0.25, 0.3) is 6.41 Å². The molecule has 1 heterocycles. The SMILES string of the molecule is CN(c1ccccc1)[C@@H](O)OC1=CC[C@H]2C(=C1)OC1=C2C(=O)c2ccc(OCC(O)C(O)CO)cc2C1(C)C. The number of carbonyl (C=O) groups is 1. The number of para-hydroxylation sites is 1. The lowest BCUT2D eigenvalue weighted by atomic mass is 9.70. The fourth-order valence-electron chi connectivity index (χ4n) is 5.15. The monoisotopic (exact) mass is 535 g/mol. The van der Waals surface area contributed by atoms with Crippen molar-refractivity contribution in [2.45, 2.75) is 44.3 Å². The molecule has 0 spiro atoms. The molecule has 5 rings (SSSR count). The molecule has 0 amide bonds. The molecule has 2 aromatic carbocycles. The van der Waals surface area contributed by atoms with Crippen LogP contribution in [-0.2, 0) is 14.9 Å². The minimum absolute atomic E-state index is 0.114. The van der Waals surface area contributed by atoms with Gasteiger partial charge in [-0.1, -0.05) is 18.2 Å². The average molecular weight is 536 g/mol. The second kappa shape index (κ2) is 10.5. The lowest BCUT2D eigenvalue weighted by molar-refractivity contribution is -0.0590. The Hall–Kier alpha value is -3.63. The molecule has 3 aliphatic rings. The Bertz CT molecular complexity index is 1350. The number of ketones is 1. The number of aliphatic hydroxyl groups excluding tert-OH is 4. The molecule has 1 aliphatic heterocycles. The Labute approximate surface area is 226 Å². The molecule has 9 nitrogen and oxygen atoms in total. The van der Waals surface area contributed by atoms with Gasteiger partial charge in [0.05, 0.1) is 18.1 Å². The number of aliphatic hydroxyl groups is 4. The molecule has 0 bridgehead atoms. The summed E-state index contributed by atoms with van der Waals surface area (Å²) in [6.07, 6.45) is 0.302. The molecule has 0 aromatic heterocycles. The van der Waals surface area contributed by atoms with Crippen LogP contribution in [0.1, 0.15) is 36.2 Å². The van der Waals surface area contributed by atoms with Gasteiger partial charge in [0.1, 0.15) is 41.8 Å². The standard InChI is InChI=1S/C30H33NO8/c1-30(2)22-13-18(37-16-24(34)23(33)15-32)9-11-20(22)27(35)26-21-12-10-19(14-25(21)39-28(26)30)38-29(36)31(3)17-7-5-4-6-8-17/h4-11,13-14,21,23-24,29,32-34,36H,12,15-16H2,1-3H3/t21-,23?,24?,29-/m0/s1. The highest BCUT2D eigenvalue weighted by atomic mass is 16.6. The van der Waals surface area contributed by atoms with Crippen molar-refractivity contribution < 1.29 is 39.4 Å². The van der Waals surface area contributed by atoms with E-state index in [9.17, 15) is 20.1 Å². The van der Waals surface area contributed by atoms with Gasteiger partial charge in [-0.2, -0.15) is 0 Å². The van der Waals surface area contributed by atoms with Crippen LogP contribution in [0.15, 0.2) is 83.5 Å². The van der Waals surface area contributed by atoms with Crippen molar-refractivity contribution in [3.8, 4) is 5.75 Å². The van der Waals surface area contributed by atoms with Crippen LogP contribution in [0.3, 0.4) is 0 Å². The first-order valence-corrected chi connectivity index (χ1v) is 12.9. The minimum atomic E-state index is -1.31. The highest BCUT2D eigenvalue weighted by Gasteiger charge is 2.49. The molecule has 0 radical (unpaired) electrons. The smallest absolute Gasteiger partial charge is 0.281 e. The predicted octanol–water partition coefficient (Wildman–Crippen LogP) is 2.75. The Balaban J connectivity index is 1.33. The maximum Gasteiger partial charge on any atom is 0.281 e. The van der Waals surface area contributed by atoms with E-state index in [1.807, 2.05) is 50.3 Å². The van der Waals surface area contributed by atoms with Crippen LogP contribution >= 0.6 is 0 Å². The van der Waals surface area contributed by atoms with Crippen molar-refractivity contribution >= 4 is 11.5 Å². The molecule has 4 N–H and O–H groups in total. The fourth-order valence-corrected chi connectivity index (χ4v) is 5.15. The lowest BCUT2D eigenvalue weighted by Gasteiger charge is -2.33. The molecule has 0 saturated heterocycles. The van der Waals surface area contributed by atoms with Gasteiger partial charge in [0, 0.05) is 29.8 Å². The number of carbonyl (C=O) groups excluding carboxylic acids is 1. The van der Waals surface area contributed by atoms with Crippen molar-refractivity contribution in [1.82, 2.24) is 0 Å². The van der Waals surface area contributed by atoms with Crippen LogP contribution in [-0.4, -0.2) is 65.1 Å². The first-order valence-electron chi connectivity index (χ1n) is 12.9. The summed E-state index contributed by atoms with van der Waals surface area (Å²) in [5.41, 5.74) is 2.04. The molecular formula is C30H33NO8. The lowest BCUT2D eigenvalue weighted by Crippen LogP contribution is -2.34. The maximum atomic E-state index is 13.6. The summed E-state index contributed by atoms with van der Waals surface area (Å²) in [5, 5.41) is 39.1. The Morgan fingerprint density at radius 1 is 1.10 bits per heavy atom. The Morgan fingerprint density at radius 3 is 2.56 bits per heavy atom. The van der Waals surface area contributed by atoms with E-state index >= 15 is 0 Å². The highest BCUT2D eigenvalue weighted by molar-refractivity contribution is 6.13. The van der Waals surface area contributed by atoms with Crippen LogP contribution in [0.4, 0.5) is 5.69 Å². The van der Waals surface area contributed by atoms with Crippen LogP contribution in [0.5, 0.6) is 5.75 Å². The number of benzene rings is 2. The summed E-state index contributed by atoms with van der Waals surface area (Å²) >= 11 is 0. The minimum Gasteiger partial charge on any atom is -0.491 e. The summed E-state index contributed by atoms with van der Waals surface area (Å²) in [7, 11) is 1.73. The van der Waals surface area contributed by atoms with E-state index < -0.39 is 30.6 Å². The van der Waals surface area contributed by atoms with Crippen molar-refractivity contribution in [1.29, 1.82) is 0 Å². The van der Waals surface area contributed by atoms with E-state index in [-0.39, 0.29) is 18.3 Å². The van der Waals surface area contributed by atoms with Gasteiger partial charge in [0.15, 0.2) is 5.78 Å². The molecule has 4 atom stereocenters. The molecule has 39 heavy (non-hydrogen) atoms. The zero-order valence-electron chi connectivity index (χ0n) is 22.1. The van der Waals surface area contributed by atoms with Gasteiger partial charge in [-0.3, -0.25) is 4.79 Å². The van der Waals surface area contributed by atoms with Crippen molar-refractivity contribution in [3.63, 3.8) is 0 Å². The van der Waals surface area contributed by atoms with Gasteiger partial charge >= 0.3 is 0 Å². The summed E-state index contributed by atoms with van der Waals surface area (Å²) in [6.45, 7) is 3.16. The Morgan fingerprint density at radius 2 is 1.85 bits per heavy atom. The summed E-state index contributed by atoms with van der Waals surface area (Å²) in [4.78, 5) is 15.3. The molecule has 2 aromatic rings. The summed E-state index contributed by atoms with van der Waals surface area (Å²) in [6, 6.07) is 14.5. The second-order valence-electron chi connectivity index (χ2n) is 10.5. The number of anilines is 1. The van der Waals surface area contributed by atoms with E-state index in [0.29, 0.717) is 40.6 Å². The van der Waals surface area contributed by atoms with Gasteiger partial charge in [-0.15, -0.1) is 0 Å². The number of rotatable bonds is 9. The quantitative estimate of drug-likeness (QED) is 0.358. The van der Waals surface area contributed by atoms with Crippen LogP contribution in [0, 0.1) is 5.92 Å². The number of hydrogen-bond donors (Lipinski definition) is 4. The molecule has 2 aliphatic carbocycles. The number of fused-ring (bicyclic) bond motifs is 3. The molecule has 0 saturated carbocycles. The molecule has 2 unspecified atom stereocenters. The molecule has 0 fully saturated rings. The average Bonchev–Trinajstić information content (AvgIpc) is 3.34. The van der Waals surface area contributed by atoms with Crippen molar-refractivity contribution in [3.05, 3.63) is 94.7 Å². The Kier molecular flexibility index (Phi) is 7.26. The van der Waals surface area contributed by atoms with E-state index in [1.54, 1.807) is 36.2 Å². The normalized spacial score (nSPS) is 21.4. The van der Waals surface area contributed by atoms with E-state index in [4.69, 9.17) is 19.3 Å². The first kappa shape index (κ1) is 27.0. The zero-order valence-corrected chi connectivity index (χ0v) is 22.1. The largest absolute Gasteiger partial charge is 0.491 e. The zero-order chi connectivity index (χ0) is 27.9. The van der Waals surface area contributed by atoms with Gasteiger partial charge in [-0.05, 0) is 62.2 Å². The predicted molar refractivity (Wildman–Crippen MR) is 143 cm³/mol. The summed E-state index contributed by atoms with van der Waals surface area (Å²) in [5.74, 6) is 1.68. The van der Waals surface area contributed by atoms with E-state index in [2.05, 4.69) is 0 Å². The van der Waals surface area contributed by atoms with Gasteiger partial charge in [0.2, 0.25) is 0 Å². The van der Waals surface area contributed by atoms with Gasteiger partial charge in [-0.25, -0.2) is 0 Å². The third kappa shape index (κ3) is 4.94. The van der Waals surface area contributed by atoms with Crippen LogP contribution in [0.25, 0.3) is 0 Å². The number of nitrogens with zero attached hydrogens (tertiary/aromatic N) is 1. The number of Topliss-reactive ketones (excluding diaryl/α,β-unsaturated/α-hetero) is 1. The summed E-state index contributed by atoms with van der Waals surface area (Å²) < 4.78 is 17.8. The number of hydrogen-bond acceptors (Lipinski definition) is 9. The van der Waals surface area contributed by atoms with Crippen LogP contribution < -0.4 is 9.64 Å². The second-order valence-corrected chi connectivity index (χ2v) is 10.5. The fraction of sp³-hybridized carbons (Fsp3) is 0.367. The third-order valence-electron chi connectivity index (χ3n) is 7.51. The molecule has 206 valence electrons. The first-order chi connectivity index (χ1) is 18.6. The van der Waals surface area contributed by atoms with E-state index in [0.717, 1.165) is 11.3 Å². The number of allylic oxidation sites excluding steroid dienone is 4. The molecular weight excluding hydrogens is 502 g/mol. The topological polar surface area (TPSA) is 129 Å². The third-order valence-corrected chi connectivity index (χ3v) is 7.51. The number of ether oxygens (including phenoxy) is 3. The highest BCUT2D eigenvalue weighted by Crippen LogP contribution is 2.52. The maximum absolute atomic E-state index is 13.6. The van der Waals surface area contributed by atoms with Crippen molar-refractivity contribution in [2.75, 3.05) is 25.2 Å². The van der Waals surface area contributed by atoms with E-state index in [1.165, 1.54) is 0 Å². The molecule has 9 heteroatoms. The van der Waals surface area contributed by atoms with Gasteiger partial charge < -0.3 is 39.5 Å². The van der Waals surface area contributed by atoms with Crippen LogP contribution in [0.2, 0.25) is 0 Å².